The molecule has 0 unspecified atom stereocenters. The molecule has 0 aliphatic heterocycles. The summed E-state index contributed by atoms with van der Waals surface area (Å²) >= 11 is 11.6. The Hall–Kier alpha value is -1.48. The van der Waals surface area contributed by atoms with Crippen molar-refractivity contribution in [2.45, 2.75) is 11.6 Å². The third kappa shape index (κ3) is 3.19. The predicted molar refractivity (Wildman–Crippen MR) is 94.6 cm³/mol. The molecule has 0 saturated carbocycles. The maximum atomic E-state index is 12.1. The largest absolute Gasteiger partial charge is 0.345 e. The van der Waals surface area contributed by atoms with Gasteiger partial charge in [-0.2, -0.15) is 5.10 Å². The molecular weight excluding hydrogens is 371 g/mol. The van der Waals surface area contributed by atoms with Crippen LogP contribution in [0.5, 0.6) is 0 Å². The van der Waals surface area contributed by atoms with Crippen LogP contribution in [0.1, 0.15) is 0 Å². The summed E-state index contributed by atoms with van der Waals surface area (Å²) in [5, 5.41) is 3.87. The zero-order valence-corrected chi connectivity index (χ0v) is 15.7. The van der Waals surface area contributed by atoms with Crippen LogP contribution in [0, 0.1) is 0 Å². The lowest BCUT2D eigenvalue weighted by atomic mass is 9.90. The Bertz CT molecular complexity index is 777. The van der Waals surface area contributed by atoms with Crippen molar-refractivity contribution < 1.29 is 18.9 Å². The Morgan fingerprint density at radius 2 is 1.76 bits per heavy atom. The highest BCUT2D eigenvalue weighted by Crippen LogP contribution is 2.41. The Balaban J connectivity index is 2.51. The average molecular weight is 389 g/mol. The number of aromatic nitrogens is 2. The Labute approximate surface area is 155 Å². The highest BCUT2D eigenvalue weighted by atomic mass is 35.5. The normalized spacial score (nSPS) is 18.6. The van der Waals surface area contributed by atoms with Gasteiger partial charge < -0.3 is 18.9 Å². The summed E-state index contributed by atoms with van der Waals surface area (Å²) in [5.74, 6) is -2.72. The molecule has 0 radical (unpaired) electrons. The molecule has 0 saturated heterocycles. The molecular formula is C16H18Cl2N2O5. The van der Waals surface area contributed by atoms with Crippen molar-refractivity contribution in [3.05, 3.63) is 56.5 Å². The molecule has 0 aromatic carbocycles. The molecule has 0 amide bonds. The number of hydrogen-bond donors (Lipinski definition) is 0. The molecule has 1 aromatic heterocycles. The summed E-state index contributed by atoms with van der Waals surface area (Å²) in [4.78, 5) is 12.1. The first kappa shape index (κ1) is 19.8. The Morgan fingerprint density at radius 3 is 2.32 bits per heavy atom. The van der Waals surface area contributed by atoms with E-state index in [0.29, 0.717) is 5.57 Å². The number of nitrogens with zero attached hydrogens (tertiary/aromatic N) is 2. The van der Waals surface area contributed by atoms with E-state index in [1.165, 1.54) is 40.8 Å². The number of methoxy groups -OCH3 is 4. The van der Waals surface area contributed by atoms with Gasteiger partial charge in [0.05, 0.1) is 11.2 Å². The van der Waals surface area contributed by atoms with Gasteiger partial charge in [-0.05, 0) is 12.2 Å². The van der Waals surface area contributed by atoms with Crippen LogP contribution >= 0.6 is 23.2 Å². The molecule has 1 aromatic rings. The topological polar surface area (TPSA) is 71.8 Å². The Kier molecular flexibility index (Phi) is 6.21. The maximum Gasteiger partial charge on any atom is 0.291 e. The summed E-state index contributed by atoms with van der Waals surface area (Å²) < 4.78 is 23.3. The standard InChI is InChI=1S/C16H18Cl2N2O5/c1-22-15(23-2)8-5-6-11(16(15,24-3)25-4)7-9-20-14(21)13(18)12(17)10-19-20/h5-10H,1-4H3/b9-7+. The van der Waals surface area contributed by atoms with Gasteiger partial charge in [0.1, 0.15) is 5.02 Å². The van der Waals surface area contributed by atoms with E-state index in [1.54, 1.807) is 24.3 Å². The average Bonchev–Trinajstić information content (AvgIpc) is 2.65. The quantitative estimate of drug-likeness (QED) is 0.697. The predicted octanol–water partition coefficient (Wildman–Crippen LogP) is 2.50. The van der Waals surface area contributed by atoms with E-state index < -0.39 is 17.1 Å². The van der Waals surface area contributed by atoms with Gasteiger partial charge in [-0.25, -0.2) is 4.68 Å². The first-order chi connectivity index (χ1) is 11.9. The molecule has 7 nitrogen and oxygen atoms in total. The van der Waals surface area contributed by atoms with Crippen molar-refractivity contribution in [1.82, 2.24) is 9.78 Å². The van der Waals surface area contributed by atoms with Gasteiger partial charge >= 0.3 is 0 Å². The second-order valence-electron chi connectivity index (χ2n) is 4.95. The second-order valence-corrected chi connectivity index (χ2v) is 5.74. The third-order valence-electron chi connectivity index (χ3n) is 3.91. The monoisotopic (exact) mass is 388 g/mol. The van der Waals surface area contributed by atoms with Crippen LogP contribution in [0.25, 0.3) is 6.20 Å². The molecule has 9 heteroatoms. The second kappa shape index (κ2) is 7.82. The fourth-order valence-electron chi connectivity index (χ4n) is 2.64. The third-order valence-corrected chi connectivity index (χ3v) is 4.66. The maximum absolute atomic E-state index is 12.1. The van der Waals surface area contributed by atoms with Gasteiger partial charge in [0.25, 0.3) is 11.3 Å². The lowest BCUT2D eigenvalue weighted by molar-refractivity contribution is -0.348. The summed E-state index contributed by atoms with van der Waals surface area (Å²) in [6.07, 6.45) is 9.41. The molecule has 1 heterocycles. The van der Waals surface area contributed by atoms with Crippen LogP contribution in [0.2, 0.25) is 10.0 Å². The van der Waals surface area contributed by atoms with Gasteiger partial charge in [0, 0.05) is 40.2 Å². The molecule has 2 rings (SSSR count). The lowest BCUT2D eigenvalue weighted by Crippen LogP contribution is -2.60. The molecule has 0 atom stereocenters. The molecule has 0 bridgehead atoms. The van der Waals surface area contributed by atoms with E-state index in [-0.39, 0.29) is 10.0 Å². The van der Waals surface area contributed by atoms with E-state index >= 15 is 0 Å². The fourth-order valence-corrected chi connectivity index (χ4v) is 2.90. The van der Waals surface area contributed by atoms with Crippen LogP contribution in [-0.2, 0) is 18.9 Å². The van der Waals surface area contributed by atoms with Gasteiger partial charge in [-0.1, -0.05) is 35.4 Å². The van der Waals surface area contributed by atoms with E-state index in [0.717, 1.165) is 4.68 Å². The summed E-state index contributed by atoms with van der Waals surface area (Å²) in [5.41, 5.74) is -0.0222. The highest BCUT2D eigenvalue weighted by molar-refractivity contribution is 6.41. The number of allylic oxidation sites excluding steroid dienone is 2. The molecule has 0 N–H and O–H groups in total. The SMILES string of the molecule is COC1(OC)C=CC=C(/C=C/n2ncc(Cl)c(Cl)c2=O)C1(OC)OC. The summed E-state index contributed by atoms with van der Waals surface area (Å²) in [6.45, 7) is 0. The van der Waals surface area contributed by atoms with E-state index in [9.17, 15) is 4.79 Å². The van der Waals surface area contributed by atoms with Crippen molar-refractivity contribution >= 4 is 29.4 Å². The number of rotatable bonds is 6. The lowest BCUT2D eigenvalue weighted by Gasteiger charge is -2.46. The molecule has 136 valence electrons. The van der Waals surface area contributed by atoms with E-state index in [1.807, 2.05) is 0 Å². The van der Waals surface area contributed by atoms with Crippen LogP contribution in [-0.4, -0.2) is 49.8 Å². The van der Waals surface area contributed by atoms with Crippen LogP contribution in [0.3, 0.4) is 0 Å². The fraction of sp³-hybridized carbons (Fsp3) is 0.375. The molecule has 1 aliphatic rings. The van der Waals surface area contributed by atoms with Crippen molar-refractivity contribution in [2.24, 2.45) is 0 Å². The van der Waals surface area contributed by atoms with Gasteiger partial charge in [-0.15, -0.1) is 0 Å². The smallest absolute Gasteiger partial charge is 0.291 e. The number of halogens is 2. The number of hydrogen-bond acceptors (Lipinski definition) is 6. The minimum absolute atomic E-state index is 0.0806. The first-order valence-corrected chi connectivity index (χ1v) is 7.88. The Morgan fingerprint density at radius 1 is 1.12 bits per heavy atom. The number of ether oxygens (including phenoxy) is 4. The van der Waals surface area contributed by atoms with E-state index in [4.69, 9.17) is 42.1 Å². The van der Waals surface area contributed by atoms with Gasteiger partial charge in [0.2, 0.25) is 5.79 Å². The van der Waals surface area contributed by atoms with Crippen molar-refractivity contribution in [3.8, 4) is 0 Å². The zero-order valence-electron chi connectivity index (χ0n) is 14.2. The summed E-state index contributed by atoms with van der Waals surface area (Å²) in [7, 11) is 5.86. The minimum Gasteiger partial charge on any atom is -0.345 e. The van der Waals surface area contributed by atoms with Crippen molar-refractivity contribution in [3.63, 3.8) is 0 Å². The summed E-state index contributed by atoms with van der Waals surface area (Å²) in [6, 6.07) is 0. The minimum atomic E-state index is -1.40. The highest BCUT2D eigenvalue weighted by Gasteiger charge is 2.56. The van der Waals surface area contributed by atoms with Crippen LogP contribution in [0.15, 0.2) is 40.9 Å². The molecule has 1 aliphatic carbocycles. The molecule has 0 spiro atoms. The molecule has 0 fully saturated rings. The zero-order chi connectivity index (χ0) is 18.7. The van der Waals surface area contributed by atoms with Crippen molar-refractivity contribution in [2.75, 3.05) is 28.4 Å². The van der Waals surface area contributed by atoms with Crippen LogP contribution in [0.4, 0.5) is 0 Å². The van der Waals surface area contributed by atoms with Gasteiger partial charge in [0.15, 0.2) is 0 Å². The molecule has 25 heavy (non-hydrogen) atoms. The van der Waals surface area contributed by atoms with Crippen molar-refractivity contribution in [1.29, 1.82) is 0 Å². The van der Waals surface area contributed by atoms with Crippen LogP contribution < -0.4 is 5.56 Å². The van der Waals surface area contributed by atoms with Gasteiger partial charge in [-0.3, -0.25) is 4.79 Å². The van der Waals surface area contributed by atoms with E-state index in [2.05, 4.69) is 5.10 Å². The first-order valence-electron chi connectivity index (χ1n) is 7.13.